The van der Waals surface area contributed by atoms with Crippen molar-refractivity contribution in [2.45, 2.75) is 13.5 Å². The molecule has 7 nitrogen and oxygen atoms in total. The van der Waals surface area contributed by atoms with E-state index in [0.29, 0.717) is 21.9 Å². The van der Waals surface area contributed by atoms with E-state index < -0.39 is 4.92 Å². The lowest BCUT2D eigenvalue weighted by Gasteiger charge is -2.16. The van der Waals surface area contributed by atoms with Crippen molar-refractivity contribution >= 4 is 29.0 Å². The fourth-order valence-electron chi connectivity index (χ4n) is 2.79. The number of rotatable bonds is 6. The van der Waals surface area contributed by atoms with E-state index in [2.05, 4.69) is 0 Å². The molecule has 29 heavy (non-hydrogen) atoms. The molecule has 0 saturated heterocycles. The van der Waals surface area contributed by atoms with Gasteiger partial charge in [0, 0.05) is 41.9 Å². The first-order chi connectivity index (χ1) is 13.8. The van der Waals surface area contributed by atoms with E-state index in [0.717, 1.165) is 5.56 Å². The van der Waals surface area contributed by atoms with Gasteiger partial charge in [-0.05, 0) is 30.7 Å². The average molecular weight is 413 g/mol. The van der Waals surface area contributed by atoms with Crippen LogP contribution in [-0.4, -0.2) is 28.6 Å². The fourth-order valence-corrected chi connectivity index (χ4v) is 2.97. The van der Waals surface area contributed by atoms with Crippen LogP contribution in [0.2, 0.25) is 5.02 Å². The molecule has 3 rings (SSSR count). The molecule has 0 fully saturated rings. The van der Waals surface area contributed by atoms with Crippen molar-refractivity contribution in [2.24, 2.45) is 0 Å². The van der Waals surface area contributed by atoms with Crippen LogP contribution >= 0.6 is 11.6 Å². The maximum absolute atomic E-state index is 12.7. The minimum atomic E-state index is -0.516. The van der Waals surface area contributed by atoms with Crippen molar-refractivity contribution in [3.05, 3.63) is 86.6 Å². The number of nitro benzene ring substituents is 1. The highest BCUT2D eigenvalue weighted by atomic mass is 35.5. The van der Waals surface area contributed by atoms with E-state index in [9.17, 15) is 19.7 Å². The van der Waals surface area contributed by atoms with Gasteiger partial charge in [-0.25, -0.2) is 0 Å². The zero-order valence-corrected chi connectivity index (χ0v) is 16.5. The summed E-state index contributed by atoms with van der Waals surface area (Å²) in [7, 11) is 1.56. The third-order valence-electron chi connectivity index (χ3n) is 4.39. The van der Waals surface area contributed by atoms with Crippen LogP contribution in [0.3, 0.4) is 0 Å². The van der Waals surface area contributed by atoms with Crippen LogP contribution in [0.5, 0.6) is 0 Å². The Hall–Kier alpha value is -3.45. The number of furan rings is 1. The predicted molar refractivity (Wildman–Crippen MR) is 108 cm³/mol. The first kappa shape index (κ1) is 20.3. The molecule has 0 saturated carbocycles. The molecular weight excluding hydrogens is 396 g/mol. The van der Waals surface area contributed by atoms with Gasteiger partial charge >= 0.3 is 0 Å². The van der Waals surface area contributed by atoms with Crippen LogP contribution in [0.4, 0.5) is 5.69 Å². The van der Waals surface area contributed by atoms with E-state index in [1.54, 1.807) is 43.4 Å². The number of nitro groups is 1. The molecule has 0 unspecified atom stereocenters. The van der Waals surface area contributed by atoms with E-state index in [-0.39, 0.29) is 29.7 Å². The second-order valence-corrected chi connectivity index (χ2v) is 6.90. The zero-order chi connectivity index (χ0) is 21.1. The molecule has 0 bridgehead atoms. The maximum Gasteiger partial charge on any atom is 0.289 e. The number of non-ortho nitro benzene ring substituents is 1. The Kier molecular flexibility index (Phi) is 5.79. The van der Waals surface area contributed by atoms with Gasteiger partial charge in [-0.1, -0.05) is 35.9 Å². The van der Waals surface area contributed by atoms with Crippen molar-refractivity contribution in [3.8, 4) is 11.3 Å². The van der Waals surface area contributed by atoms with Gasteiger partial charge in [0.25, 0.3) is 11.6 Å². The minimum absolute atomic E-state index is 0.0340. The monoisotopic (exact) mass is 412 g/mol. The second-order valence-electron chi connectivity index (χ2n) is 6.49. The number of ketones is 1. The van der Waals surface area contributed by atoms with Gasteiger partial charge in [-0.2, -0.15) is 0 Å². The highest BCUT2D eigenvalue weighted by Gasteiger charge is 2.19. The van der Waals surface area contributed by atoms with Gasteiger partial charge in [0.05, 0.1) is 4.92 Å². The summed E-state index contributed by atoms with van der Waals surface area (Å²) in [6.45, 7) is 1.57. The molecule has 0 radical (unpaired) electrons. The third-order valence-corrected chi connectivity index (χ3v) is 4.76. The fraction of sp³-hybridized carbons (Fsp3) is 0.143. The molecule has 1 amide bonds. The molecule has 8 heteroatoms. The van der Waals surface area contributed by atoms with E-state index >= 15 is 0 Å². The zero-order valence-electron chi connectivity index (χ0n) is 15.7. The molecule has 0 aliphatic rings. The smallest absolute Gasteiger partial charge is 0.289 e. The first-order valence-corrected chi connectivity index (χ1v) is 9.03. The number of benzene rings is 2. The number of hydrogen-bond acceptors (Lipinski definition) is 5. The lowest BCUT2D eigenvalue weighted by Crippen LogP contribution is -2.26. The molecule has 0 aliphatic heterocycles. The van der Waals surface area contributed by atoms with Crippen molar-refractivity contribution < 1.29 is 18.9 Å². The Morgan fingerprint density at radius 3 is 2.41 bits per heavy atom. The summed E-state index contributed by atoms with van der Waals surface area (Å²) in [5, 5.41) is 11.3. The minimum Gasteiger partial charge on any atom is -0.451 e. The summed E-state index contributed by atoms with van der Waals surface area (Å²) in [5.74, 6) is 0.192. The van der Waals surface area contributed by atoms with Gasteiger partial charge in [-0.3, -0.25) is 19.7 Å². The quantitative estimate of drug-likeness (QED) is 0.323. The van der Waals surface area contributed by atoms with Gasteiger partial charge in [0.1, 0.15) is 5.76 Å². The van der Waals surface area contributed by atoms with Crippen molar-refractivity contribution in [1.29, 1.82) is 0 Å². The van der Waals surface area contributed by atoms with Crippen LogP contribution in [0.25, 0.3) is 11.3 Å². The van der Waals surface area contributed by atoms with Crippen molar-refractivity contribution in [1.82, 2.24) is 4.90 Å². The second kappa shape index (κ2) is 8.28. The number of carbonyl (C=O) groups excluding carboxylic acids is 2. The Morgan fingerprint density at radius 2 is 1.79 bits per heavy atom. The topological polar surface area (TPSA) is 93.7 Å². The standard InChI is InChI=1S/C21H17ClN2O5/c1-13(25)14-3-5-15(6-4-14)19-9-10-20(29-19)21(26)23(2)12-16-11-17(24(27)28)7-8-18(16)22/h3-11H,12H2,1-2H3. The SMILES string of the molecule is CC(=O)c1ccc(-c2ccc(C(=O)N(C)Cc3cc([N+](=O)[O-])ccc3Cl)o2)cc1. The molecule has 0 atom stereocenters. The summed E-state index contributed by atoms with van der Waals surface area (Å²) in [5.41, 5.74) is 1.69. The van der Waals surface area contributed by atoms with Gasteiger partial charge in [0.2, 0.25) is 0 Å². The number of amides is 1. The number of Topliss-reactive ketones (excluding diaryl/α,β-unsaturated/α-hetero) is 1. The molecule has 3 aromatic rings. The molecular formula is C21H17ClN2O5. The molecule has 0 spiro atoms. The van der Waals surface area contributed by atoms with E-state index in [1.807, 2.05) is 0 Å². The molecule has 2 aromatic carbocycles. The Bertz CT molecular complexity index is 1090. The highest BCUT2D eigenvalue weighted by molar-refractivity contribution is 6.31. The van der Waals surface area contributed by atoms with Gasteiger partial charge in [-0.15, -0.1) is 0 Å². The summed E-state index contributed by atoms with van der Waals surface area (Å²) in [4.78, 5) is 35.9. The lowest BCUT2D eigenvalue weighted by atomic mass is 10.1. The lowest BCUT2D eigenvalue weighted by molar-refractivity contribution is -0.384. The van der Waals surface area contributed by atoms with E-state index in [1.165, 1.54) is 30.0 Å². The third kappa shape index (κ3) is 4.52. The average Bonchev–Trinajstić information content (AvgIpc) is 3.19. The molecule has 1 aromatic heterocycles. The molecule has 0 aliphatic carbocycles. The number of nitrogens with zero attached hydrogens (tertiary/aromatic N) is 2. The molecule has 1 heterocycles. The van der Waals surface area contributed by atoms with Gasteiger partial charge in [0.15, 0.2) is 11.5 Å². The first-order valence-electron chi connectivity index (χ1n) is 8.65. The normalized spacial score (nSPS) is 10.6. The van der Waals surface area contributed by atoms with E-state index in [4.69, 9.17) is 16.0 Å². The number of hydrogen-bond donors (Lipinski definition) is 0. The Morgan fingerprint density at radius 1 is 1.10 bits per heavy atom. The summed E-state index contributed by atoms with van der Waals surface area (Å²) >= 11 is 6.11. The largest absolute Gasteiger partial charge is 0.451 e. The summed E-state index contributed by atoms with van der Waals surface area (Å²) < 4.78 is 5.67. The van der Waals surface area contributed by atoms with Crippen LogP contribution in [0.1, 0.15) is 33.4 Å². The molecule has 148 valence electrons. The van der Waals surface area contributed by atoms with Gasteiger partial charge < -0.3 is 9.32 Å². The summed E-state index contributed by atoms with van der Waals surface area (Å²) in [6, 6.07) is 14.2. The molecule has 0 N–H and O–H groups in total. The number of carbonyl (C=O) groups is 2. The maximum atomic E-state index is 12.7. The Labute approximate surface area is 171 Å². The van der Waals surface area contributed by atoms with Crippen molar-refractivity contribution in [2.75, 3.05) is 7.05 Å². The van der Waals surface area contributed by atoms with Crippen LogP contribution in [-0.2, 0) is 6.54 Å². The van der Waals surface area contributed by atoms with Crippen molar-refractivity contribution in [3.63, 3.8) is 0 Å². The van der Waals surface area contributed by atoms with Crippen LogP contribution in [0.15, 0.2) is 59.0 Å². The van der Waals surface area contributed by atoms with Crippen LogP contribution < -0.4 is 0 Å². The van der Waals surface area contributed by atoms with Crippen LogP contribution in [0, 0.1) is 10.1 Å². The Balaban J connectivity index is 1.76. The predicted octanol–water partition coefficient (Wildman–Crippen LogP) is 4.98. The number of halogens is 1. The summed E-state index contributed by atoms with van der Waals surface area (Å²) in [6.07, 6.45) is 0. The highest BCUT2D eigenvalue weighted by Crippen LogP contribution is 2.26.